The third-order valence-corrected chi connectivity index (χ3v) is 4.50. The number of carboxylic acid groups (broad SMARTS) is 1. The summed E-state index contributed by atoms with van der Waals surface area (Å²) in [5.41, 5.74) is 1.12. The van der Waals surface area contributed by atoms with Crippen molar-refractivity contribution < 1.29 is 14.7 Å². The number of carbonyl (C=O) groups excluding carboxylic acids is 1. The molecule has 1 aliphatic heterocycles. The Labute approximate surface area is 116 Å². The van der Waals surface area contributed by atoms with Crippen molar-refractivity contribution in [2.75, 3.05) is 6.54 Å². The fraction of sp³-hybridized carbons (Fsp3) is 0.429. The van der Waals surface area contributed by atoms with Crippen molar-refractivity contribution in [1.82, 2.24) is 4.90 Å². The predicted molar refractivity (Wildman–Crippen MR) is 75.0 cm³/mol. The van der Waals surface area contributed by atoms with Gasteiger partial charge in [0.25, 0.3) is 0 Å². The van der Waals surface area contributed by atoms with Crippen LogP contribution in [0.5, 0.6) is 0 Å². The van der Waals surface area contributed by atoms with Crippen molar-refractivity contribution in [3.8, 4) is 0 Å². The van der Waals surface area contributed by atoms with E-state index in [0.717, 1.165) is 16.9 Å². The van der Waals surface area contributed by atoms with Crippen molar-refractivity contribution in [2.45, 2.75) is 26.3 Å². The molecule has 5 heteroatoms. The number of aliphatic carboxylic acids is 1. The minimum atomic E-state index is -0.918. The highest BCUT2D eigenvalue weighted by atomic mass is 32.1. The van der Waals surface area contributed by atoms with Crippen LogP contribution in [-0.4, -0.2) is 34.5 Å². The molecule has 1 saturated heterocycles. The number of likely N-dealkylation sites (tertiary alicyclic amines) is 1. The van der Waals surface area contributed by atoms with E-state index in [0.29, 0.717) is 6.54 Å². The van der Waals surface area contributed by atoms with Gasteiger partial charge in [0, 0.05) is 17.5 Å². The third kappa shape index (κ3) is 2.87. The summed E-state index contributed by atoms with van der Waals surface area (Å²) in [5, 5.41) is 11.2. The minimum absolute atomic E-state index is 0.0123. The van der Waals surface area contributed by atoms with E-state index >= 15 is 0 Å². The van der Waals surface area contributed by atoms with Crippen molar-refractivity contribution in [3.05, 3.63) is 28.0 Å². The highest BCUT2D eigenvalue weighted by molar-refractivity contribution is 7.11. The van der Waals surface area contributed by atoms with Gasteiger partial charge in [-0.1, -0.05) is 6.92 Å². The molecule has 0 saturated carbocycles. The monoisotopic (exact) mass is 279 g/mol. The Morgan fingerprint density at radius 1 is 1.53 bits per heavy atom. The molecule has 2 unspecified atom stereocenters. The summed E-state index contributed by atoms with van der Waals surface area (Å²) in [6.07, 6.45) is 3.99. The number of aryl methyl sites for hydroxylation is 1. The average Bonchev–Trinajstić information content (AvgIpc) is 2.92. The zero-order chi connectivity index (χ0) is 14.0. The Morgan fingerprint density at radius 2 is 2.26 bits per heavy atom. The summed E-state index contributed by atoms with van der Waals surface area (Å²) >= 11 is 1.57. The molecule has 2 heterocycles. The van der Waals surface area contributed by atoms with E-state index < -0.39 is 12.0 Å². The Bertz CT molecular complexity index is 521. The van der Waals surface area contributed by atoms with E-state index in [1.165, 1.54) is 11.0 Å². The molecule has 4 nitrogen and oxygen atoms in total. The van der Waals surface area contributed by atoms with Crippen LogP contribution in [0.1, 0.15) is 23.8 Å². The number of nitrogens with zero attached hydrogens (tertiary/aromatic N) is 1. The first kappa shape index (κ1) is 13.8. The second-order valence-electron chi connectivity index (χ2n) is 4.88. The van der Waals surface area contributed by atoms with Gasteiger partial charge < -0.3 is 10.0 Å². The van der Waals surface area contributed by atoms with Crippen LogP contribution < -0.4 is 0 Å². The lowest BCUT2D eigenvalue weighted by Gasteiger charge is -2.21. The largest absolute Gasteiger partial charge is 0.480 e. The number of rotatable bonds is 3. The van der Waals surface area contributed by atoms with Crippen molar-refractivity contribution in [1.29, 1.82) is 0 Å². The maximum Gasteiger partial charge on any atom is 0.326 e. The summed E-state index contributed by atoms with van der Waals surface area (Å²) in [4.78, 5) is 25.8. The Kier molecular flexibility index (Phi) is 4.04. The summed E-state index contributed by atoms with van der Waals surface area (Å²) in [6.45, 7) is 4.38. The zero-order valence-electron chi connectivity index (χ0n) is 11.0. The van der Waals surface area contributed by atoms with Gasteiger partial charge in [0.15, 0.2) is 0 Å². The van der Waals surface area contributed by atoms with E-state index in [4.69, 9.17) is 0 Å². The second kappa shape index (κ2) is 5.57. The van der Waals surface area contributed by atoms with Gasteiger partial charge in [-0.05, 0) is 42.3 Å². The first-order valence-corrected chi connectivity index (χ1v) is 7.14. The first-order chi connectivity index (χ1) is 9.00. The summed E-state index contributed by atoms with van der Waals surface area (Å²) in [7, 11) is 0. The number of hydrogen-bond donors (Lipinski definition) is 1. The van der Waals surface area contributed by atoms with Crippen LogP contribution >= 0.6 is 11.3 Å². The highest BCUT2D eigenvalue weighted by Gasteiger charge is 2.38. The van der Waals surface area contributed by atoms with Gasteiger partial charge in [-0.2, -0.15) is 0 Å². The molecular weight excluding hydrogens is 262 g/mol. The Hall–Kier alpha value is -1.62. The predicted octanol–water partition coefficient (Wildman–Crippen LogP) is 2.39. The van der Waals surface area contributed by atoms with Gasteiger partial charge >= 0.3 is 5.97 Å². The fourth-order valence-electron chi connectivity index (χ4n) is 2.37. The molecule has 1 aliphatic rings. The number of carboxylic acids is 1. The number of thiophene rings is 1. The molecule has 102 valence electrons. The van der Waals surface area contributed by atoms with Crippen LogP contribution in [0.2, 0.25) is 0 Å². The Morgan fingerprint density at radius 3 is 2.84 bits per heavy atom. The SMILES string of the molecule is Cc1ccsc1/C=C/C(=O)N1CCC(C)C1C(=O)O. The third-order valence-electron chi connectivity index (χ3n) is 3.52. The number of hydrogen-bond acceptors (Lipinski definition) is 3. The van der Waals surface area contributed by atoms with Crippen molar-refractivity contribution in [3.63, 3.8) is 0 Å². The van der Waals surface area contributed by atoms with E-state index in [9.17, 15) is 14.7 Å². The molecule has 0 spiro atoms. The maximum absolute atomic E-state index is 12.1. The maximum atomic E-state index is 12.1. The number of carbonyl (C=O) groups is 2. The summed E-state index contributed by atoms with van der Waals surface area (Å²) in [5.74, 6) is -1.12. The molecule has 1 amide bonds. The molecule has 0 aromatic carbocycles. The van der Waals surface area contributed by atoms with Gasteiger partial charge in [-0.25, -0.2) is 4.79 Å². The summed E-state index contributed by atoms with van der Waals surface area (Å²) in [6, 6.07) is 1.30. The molecule has 19 heavy (non-hydrogen) atoms. The lowest BCUT2D eigenvalue weighted by atomic mass is 10.0. The molecule has 1 N–H and O–H groups in total. The van der Waals surface area contributed by atoms with Gasteiger partial charge in [-0.3, -0.25) is 4.79 Å². The van der Waals surface area contributed by atoms with Crippen LogP contribution in [0, 0.1) is 12.8 Å². The molecule has 0 radical (unpaired) electrons. The van der Waals surface area contributed by atoms with Crippen molar-refractivity contribution >= 4 is 29.3 Å². The molecule has 1 aromatic heterocycles. The van der Waals surface area contributed by atoms with E-state index in [-0.39, 0.29) is 11.8 Å². The standard InChI is InChI=1S/C14H17NO3S/c1-9-6-8-19-11(9)3-4-12(16)15-7-5-10(2)13(15)14(17)18/h3-4,6,8,10,13H,5,7H2,1-2H3,(H,17,18)/b4-3+. The average molecular weight is 279 g/mol. The summed E-state index contributed by atoms with van der Waals surface area (Å²) < 4.78 is 0. The zero-order valence-corrected chi connectivity index (χ0v) is 11.8. The van der Waals surface area contributed by atoms with Crippen LogP contribution in [0.3, 0.4) is 0 Å². The quantitative estimate of drug-likeness (QED) is 0.864. The van der Waals surface area contributed by atoms with Gasteiger partial charge in [0.05, 0.1) is 0 Å². The normalized spacial score (nSPS) is 23.2. The van der Waals surface area contributed by atoms with Crippen LogP contribution in [-0.2, 0) is 9.59 Å². The molecular formula is C14H17NO3S. The smallest absolute Gasteiger partial charge is 0.326 e. The van der Waals surface area contributed by atoms with Crippen LogP contribution in [0.25, 0.3) is 6.08 Å². The first-order valence-electron chi connectivity index (χ1n) is 6.26. The molecule has 0 aliphatic carbocycles. The van der Waals surface area contributed by atoms with Crippen LogP contribution in [0.15, 0.2) is 17.5 Å². The lowest BCUT2D eigenvalue weighted by molar-refractivity contribution is -0.147. The van der Waals surface area contributed by atoms with Crippen LogP contribution in [0.4, 0.5) is 0 Å². The van der Waals surface area contributed by atoms with E-state index in [1.54, 1.807) is 17.4 Å². The fourth-order valence-corrected chi connectivity index (χ4v) is 3.19. The minimum Gasteiger partial charge on any atom is -0.480 e. The van der Waals surface area contributed by atoms with E-state index in [1.807, 2.05) is 25.3 Å². The van der Waals surface area contributed by atoms with Gasteiger partial charge in [0.1, 0.15) is 6.04 Å². The van der Waals surface area contributed by atoms with Gasteiger partial charge in [0.2, 0.25) is 5.91 Å². The molecule has 1 fully saturated rings. The topological polar surface area (TPSA) is 57.6 Å². The highest BCUT2D eigenvalue weighted by Crippen LogP contribution is 2.25. The van der Waals surface area contributed by atoms with E-state index in [2.05, 4.69) is 0 Å². The lowest BCUT2D eigenvalue weighted by Crippen LogP contribution is -2.42. The van der Waals surface area contributed by atoms with Gasteiger partial charge in [-0.15, -0.1) is 11.3 Å². The molecule has 1 aromatic rings. The molecule has 0 bridgehead atoms. The van der Waals surface area contributed by atoms with Crippen molar-refractivity contribution in [2.24, 2.45) is 5.92 Å². The number of amides is 1. The Balaban J connectivity index is 2.10. The molecule has 2 rings (SSSR count). The molecule has 2 atom stereocenters. The second-order valence-corrected chi connectivity index (χ2v) is 5.83.